The van der Waals surface area contributed by atoms with Gasteiger partial charge in [0.05, 0.1) is 30.4 Å². The van der Waals surface area contributed by atoms with Crippen molar-refractivity contribution in [2.24, 2.45) is 0 Å². The number of benzene rings is 7. The molecular weight excluding hydrogens is 972 g/mol. The molecule has 10 aromatic rings. The van der Waals surface area contributed by atoms with Crippen molar-refractivity contribution in [1.29, 1.82) is 0 Å². The first-order valence-corrected chi connectivity index (χ1v) is 19.3. The van der Waals surface area contributed by atoms with Gasteiger partial charge in [0, 0.05) is 48.8 Å². The Morgan fingerprint density at radius 3 is 2.12 bits per heavy atom. The SMILES string of the molecule is [2H]c1c([2H])c([2H])c(-c2cccc(-c3c([2H])c([2H])c([2H])c([2H])c3[2H])c2-[n+]2[c-]n(-c3[c-]c(Oc4[c-]c5c(cc4)c4ccccc4n5-c4cc(C(C)(C)C)ccn4)ccc3)c3ccc(Br)cc32)c([2H])c1[2H].[Pt]. The van der Waals surface area contributed by atoms with E-state index >= 15 is 0 Å². The van der Waals surface area contributed by atoms with Gasteiger partial charge in [-0.25, -0.2) is 4.98 Å². The maximum atomic E-state index is 9.01. The summed E-state index contributed by atoms with van der Waals surface area (Å²) in [5.41, 5.74) is 4.49. The van der Waals surface area contributed by atoms with E-state index in [0.29, 0.717) is 32.7 Å². The van der Waals surface area contributed by atoms with Crippen LogP contribution in [0.3, 0.4) is 0 Å². The van der Waals surface area contributed by atoms with Gasteiger partial charge in [0.25, 0.3) is 6.33 Å². The Kier molecular flexibility index (Phi) is 7.50. The Hall–Kier alpha value is -6.07. The number of fused-ring (bicyclic) bond motifs is 4. The summed E-state index contributed by atoms with van der Waals surface area (Å²) in [6, 6.07) is 33.3. The number of pyridine rings is 1. The van der Waals surface area contributed by atoms with E-state index in [-0.39, 0.29) is 54.4 Å². The van der Waals surface area contributed by atoms with Crippen LogP contribution in [0.5, 0.6) is 11.5 Å². The van der Waals surface area contributed by atoms with Crippen molar-refractivity contribution < 1.29 is 44.1 Å². The molecule has 0 amide bonds. The molecule has 0 aliphatic heterocycles. The second kappa shape index (κ2) is 15.6. The van der Waals surface area contributed by atoms with Gasteiger partial charge in [-0.2, -0.15) is 18.2 Å². The second-order valence-corrected chi connectivity index (χ2v) is 15.6. The van der Waals surface area contributed by atoms with E-state index in [1.807, 2.05) is 60.8 Å². The monoisotopic (exact) mass is 1020 g/mol. The van der Waals surface area contributed by atoms with Gasteiger partial charge in [-0.15, -0.1) is 29.7 Å². The molecule has 0 saturated carbocycles. The Morgan fingerprint density at radius 2 is 1.39 bits per heavy atom. The van der Waals surface area contributed by atoms with Crippen molar-refractivity contribution in [1.82, 2.24) is 14.1 Å². The van der Waals surface area contributed by atoms with Crippen molar-refractivity contribution in [3.8, 4) is 50.9 Å². The molecule has 0 bridgehead atoms. The normalized spacial score (nSPS) is 14.0. The molecular formula is C52H37BrN4OPt-2. The topological polar surface area (TPSA) is 35.9 Å². The molecule has 59 heavy (non-hydrogen) atoms. The van der Waals surface area contributed by atoms with Gasteiger partial charge in [-0.3, -0.25) is 4.57 Å². The summed E-state index contributed by atoms with van der Waals surface area (Å²) >= 11 is 3.61. The number of para-hydroxylation sites is 2. The average molecular weight is 1020 g/mol. The number of nitrogens with zero attached hydrogens (tertiary/aromatic N) is 4. The van der Waals surface area contributed by atoms with E-state index in [0.717, 1.165) is 33.2 Å². The minimum atomic E-state index is -0.577. The third-order valence-corrected chi connectivity index (χ3v) is 10.5. The van der Waals surface area contributed by atoms with Gasteiger partial charge >= 0.3 is 0 Å². The van der Waals surface area contributed by atoms with Gasteiger partial charge in [-0.05, 0) is 68.6 Å². The molecule has 0 radical (unpaired) electrons. The zero-order valence-electron chi connectivity index (χ0n) is 41.8. The van der Waals surface area contributed by atoms with E-state index < -0.39 is 60.4 Å². The Morgan fingerprint density at radius 1 is 0.695 bits per heavy atom. The van der Waals surface area contributed by atoms with Crippen LogP contribution in [-0.4, -0.2) is 14.1 Å². The quantitative estimate of drug-likeness (QED) is 0.118. The van der Waals surface area contributed by atoms with E-state index in [2.05, 4.69) is 77.9 Å². The standard InChI is InChI=1S/C52H37BrN4O.Pt/c1-52(2,3)37-28-29-54-50(30-37)57-46-23-11-10-20-44(46)45-26-25-41(33-48(45)57)58-40-19-12-18-39(32-40)55-34-56(49-31-38(53)24-27-47(49)55)51-42(35-14-6-4-7-15-35)21-13-22-43(51)36-16-8-5-9-17-36;/h4-31H,1-3H3;/q-2;/i4D,5D,6D,7D,8D,9D,14D,15D,16D,17D;. The summed E-state index contributed by atoms with van der Waals surface area (Å²) in [5, 5.41) is 2.02. The molecule has 0 spiro atoms. The minimum absolute atomic E-state index is 0. The van der Waals surface area contributed by atoms with Crippen LogP contribution in [0, 0.1) is 18.5 Å². The molecule has 0 aliphatic carbocycles. The van der Waals surface area contributed by atoms with Crippen LogP contribution in [0.25, 0.3) is 72.3 Å². The van der Waals surface area contributed by atoms with Gasteiger partial charge in [0.15, 0.2) is 0 Å². The largest absolute Gasteiger partial charge is 0.510 e. The number of rotatable bonds is 7. The molecule has 10 rings (SSSR count). The van der Waals surface area contributed by atoms with E-state index in [4.69, 9.17) is 23.4 Å². The number of hydrogen-bond acceptors (Lipinski definition) is 2. The summed E-state index contributed by atoms with van der Waals surface area (Å²) < 4.78 is 99.5. The molecule has 7 heteroatoms. The van der Waals surface area contributed by atoms with Crippen LogP contribution in [0.15, 0.2) is 174 Å². The van der Waals surface area contributed by atoms with Crippen LogP contribution in [-0.2, 0) is 26.5 Å². The smallest absolute Gasteiger partial charge is 0.268 e. The van der Waals surface area contributed by atoms with Gasteiger partial charge in [0.2, 0.25) is 0 Å². The molecule has 3 heterocycles. The molecule has 7 aromatic carbocycles. The molecule has 0 aliphatic rings. The van der Waals surface area contributed by atoms with Gasteiger partial charge in [-0.1, -0.05) is 151 Å². The predicted molar refractivity (Wildman–Crippen MR) is 237 cm³/mol. The fourth-order valence-corrected chi connectivity index (χ4v) is 7.66. The zero-order valence-corrected chi connectivity index (χ0v) is 35.6. The van der Waals surface area contributed by atoms with Crippen molar-refractivity contribution >= 4 is 48.8 Å². The fraction of sp³-hybridized carbons (Fsp3) is 0.0769. The van der Waals surface area contributed by atoms with E-state index in [9.17, 15) is 0 Å². The first kappa shape index (κ1) is 28.4. The van der Waals surface area contributed by atoms with Gasteiger partial charge in [0.1, 0.15) is 5.82 Å². The summed E-state index contributed by atoms with van der Waals surface area (Å²) in [6.07, 6.45) is 5.23. The summed E-state index contributed by atoms with van der Waals surface area (Å²) in [7, 11) is 0. The first-order chi connectivity index (χ1) is 32.4. The van der Waals surface area contributed by atoms with Crippen molar-refractivity contribution in [3.05, 3.63) is 198 Å². The Bertz CT molecular complexity index is 3610. The molecule has 5 nitrogen and oxygen atoms in total. The fourth-order valence-electron chi connectivity index (χ4n) is 7.31. The third-order valence-electron chi connectivity index (χ3n) is 10.0. The van der Waals surface area contributed by atoms with Crippen molar-refractivity contribution in [3.63, 3.8) is 0 Å². The Balaban J connectivity index is 0.00000593. The molecule has 0 atom stereocenters. The first-order valence-electron chi connectivity index (χ1n) is 23.5. The van der Waals surface area contributed by atoms with Gasteiger partial charge < -0.3 is 13.9 Å². The molecule has 0 N–H and O–H groups in total. The van der Waals surface area contributed by atoms with Crippen molar-refractivity contribution in [2.45, 2.75) is 26.2 Å². The predicted octanol–water partition coefficient (Wildman–Crippen LogP) is 13.0. The summed E-state index contributed by atoms with van der Waals surface area (Å²) in [4.78, 5) is 4.79. The number of imidazole rings is 1. The molecule has 290 valence electrons. The van der Waals surface area contributed by atoms with E-state index in [1.54, 1.807) is 39.5 Å². The van der Waals surface area contributed by atoms with Crippen molar-refractivity contribution in [2.75, 3.05) is 0 Å². The summed E-state index contributed by atoms with van der Waals surface area (Å²) in [5.74, 6) is 1.54. The number of aromatic nitrogens is 4. The molecule has 3 aromatic heterocycles. The maximum absolute atomic E-state index is 9.01. The number of hydrogen-bond donors (Lipinski definition) is 0. The molecule has 0 unspecified atom stereocenters. The van der Waals surface area contributed by atoms with Crippen LogP contribution >= 0.6 is 15.9 Å². The van der Waals surface area contributed by atoms with Crippen LogP contribution < -0.4 is 9.30 Å². The zero-order chi connectivity index (χ0) is 48.1. The van der Waals surface area contributed by atoms with Crippen LogP contribution in [0.2, 0.25) is 0 Å². The molecule has 0 saturated heterocycles. The Labute approximate surface area is 380 Å². The molecule has 0 fully saturated rings. The number of halogens is 1. The maximum Gasteiger partial charge on any atom is 0.268 e. The average Bonchev–Trinajstić information content (AvgIpc) is 3.86. The second-order valence-electron chi connectivity index (χ2n) is 14.7. The van der Waals surface area contributed by atoms with Crippen LogP contribution in [0.4, 0.5) is 0 Å². The van der Waals surface area contributed by atoms with Crippen LogP contribution in [0.1, 0.15) is 40.0 Å². The summed E-state index contributed by atoms with van der Waals surface area (Å²) in [6.45, 7) is 6.50. The minimum Gasteiger partial charge on any atom is -0.510 e. The number of ether oxygens (including phenoxy) is 1. The van der Waals surface area contributed by atoms with E-state index in [1.165, 1.54) is 0 Å². The third kappa shape index (κ3) is 7.11.